The van der Waals surface area contributed by atoms with Crippen LogP contribution in [0.1, 0.15) is 81.4 Å². The molecule has 0 aliphatic carbocycles. The number of aliphatic hydroxyl groups is 1. The molecule has 0 aromatic carbocycles. The van der Waals surface area contributed by atoms with Crippen LogP contribution in [0.4, 0.5) is 0 Å². The van der Waals surface area contributed by atoms with Gasteiger partial charge in [-0.2, -0.15) is 0 Å². The quantitative estimate of drug-likeness (QED) is 0.732. The number of amides is 1. The van der Waals surface area contributed by atoms with Crippen LogP contribution in [0.15, 0.2) is 32.3 Å². The van der Waals surface area contributed by atoms with Gasteiger partial charge < -0.3 is 9.52 Å². The number of nitrogens with two attached hydrogens (primary N) is 1. The summed E-state index contributed by atoms with van der Waals surface area (Å²) in [4.78, 5) is 17.0. The first-order chi connectivity index (χ1) is 13.2. The molecule has 1 unspecified atom stereocenters. The fraction of sp³-hybridized carbons (Fsp3) is 0.524. The minimum absolute atomic E-state index is 0.0181. The summed E-state index contributed by atoms with van der Waals surface area (Å²) < 4.78 is 22.2. The van der Waals surface area contributed by atoms with E-state index in [-0.39, 0.29) is 23.3 Å². The number of pyridine rings is 1. The van der Waals surface area contributed by atoms with Crippen molar-refractivity contribution in [3.8, 4) is 0 Å². The molecule has 0 aliphatic heterocycles. The van der Waals surface area contributed by atoms with E-state index in [0.717, 1.165) is 16.7 Å². The topological polar surface area (TPSA) is 119 Å². The van der Waals surface area contributed by atoms with Gasteiger partial charge in [-0.25, -0.2) is 9.35 Å². The zero-order valence-corrected chi connectivity index (χ0v) is 19.0. The molecular formula is C21H31N3O4S. The average molecular weight is 422 g/mol. The molecule has 0 saturated carbocycles. The van der Waals surface area contributed by atoms with Crippen LogP contribution in [-0.2, 0) is 26.7 Å². The number of hydrogen-bond donors (Lipinski definition) is 2. The van der Waals surface area contributed by atoms with Crippen molar-refractivity contribution in [3.63, 3.8) is 0 Å². The molecule has 8 heteroatoms. The van der Waals surface area contributed by atoms with E-state index in [2.05, 4.69) is 9.35 Å². The first-order valence-corrected chi connectivity index (χ1v) is 11.2. The molecule has 0 bridgehead atoms. The van der Waals surface area contributed by atoms with Crippen LogP contribution >= 0.6 is 0 Å². The number of aryl methyl sites for hydroxylation is 1. The largest absolute Gasteiger partial charge is 0.450 e. The summed E-state index contributed by atoms with van der Waals surface area (Å²) in [5, 5.41) is 15.9. The lowest BCUT2D eigenvalue weighted by atomic mass is 9.89. The fourth-order valence-corrected chi connectivity index (χ4v) is 4.29. The van der Waals surface area contributed by atoms with Gasteiger partial charge in [0.05, 0.1) is 12.0 Å². The molecular weight excluding hydrogens is 390 g/mol. The van der Waals surface area contributed by atoms with Crippen LogP contribution in [0.3, 0.4) is 0 Å². The molecule has 1 atom stereocenters. The summed E-state index contributed by atoms with van der Waals surface area (Å²) >= 11 is 0. The van der Waals surface area contributed by atoms with Gasteiger partial charge in [0, 0.05) is 24.0 Å². The summed E-state index contributed by atoms with van der Waals surface area (Å²) in [6, 6.07) is 1.40. The van der Waals surface area contributed by atoms with Gasteiger partial charge in [-0.05, 0) is 49.3 Å². The van der Waals surface area contributed by atoms with E-state index in [9.17, 15) is 14.1 Å². The van der Waals surface area contributed by atoms with Gasteiger partial charge in [-0.1, -0.05) is 27.7 Å². The third kappa shape index (κ3) is 5.32. The van der Waals surface area contributed by atoms with E-state index < -0.39 is 21.4 Å². The van der Waals surface area contributed by atoms with Crippen LogP contribution in [-0.4, -0.2) is 20.2 Å². The summed E-state index contributed by atoms with van der Waals surface area (Å²) in [5.41, 5.74) is 2.03. The Labute approximate surface area is 173 Å². The monoisotopic (exact) mass is 421 g/mol. The zero-order valence-electron chi connectivity index (χ0n) is 18.1. The van der Waals surface area contributed by atoms with Gasteiger partial charge in [-0.3, -0.25) is 9.78 Å². The van der Waals surface area contributed by atoms with Crippen molar-refractivity contribution in [2.45, 2.75) is 77.4 Å². The van der Waals surface area contributed by atoms with Crippen LogP contribution in [0.25, 0.3) is 0 Å². The SMILES string of the molecule is Cc1oc(S(N)(=O)=NC(=O)Cc2c(C(C)C)cncc2C(C)C)cc1C(C)(C)O. The standard InChI is InChI=1S/C21H31N3O4S/c1-12(2)16-10-23-11-17(13(3)4)15(16)8-19(25)24-29(22,27)20-9-18(14(5)28-20)21(6,7)26/h9-13,26H,8H2,1-7H3,(H2,22,24,25,27). The first-order valence-electron chi connectivity index (χ1n) is 9.61. The van der Waals surface area contributed by atoms with Crippen molar-refractivity contribution < 1.29 is 18.5 Å². The van der Waals surface area contributed by atoms with Crippen molar-refractivity contribution in [2.24, 2.45) is 9.50 Å². The highest BCUT2D eigenvalue weighted by Crippen LogP contribution is 2.30. The Balaban J connectivity index is 2.45. The Morgan fingerprint density at radius 2 is 1.76 bits per heavy atom. The average Bonchev–Trinajstić information content (AvgIpc) is 2.97. The maximum absolute atomic E-state index is 12.9. The molecule has 160 valence electrons. The zero-order chi connectivity index (χ0) is 22.1. The van der Waals surface area contributed by atoms with Gasteiger partial charge in [0.15, 0.2) is 9.92 Å². The van der Waals surface area contributed by atoms with E-state index in [0.29, 0.717) is 11.3 Å². The molecule has 0 spiro atoms. The van der Waals surface area contributed by atoms with E-state index in [1.165, 1.54) is 6.07 Å². The van der Waals surface area contributed by atoms with E-state index in [1.54, 1.807) is 33.2 Å². The highest BCUT2D eigenvalue weighted by molar-refractivity contribution is 7.91. The summed E-state index contributed by atoms with van der Waals surface area (Å²) in [6.45, 7) is 12.9. The predicted molar refractivity (Wildman–Crippen MR) is 113 cm³/mol. The Morgan fingerprint density at radius 3 is 2.17 bits per heavy atom. The Hall–Kier alpha value is -2.03. The molecule has 7 nitrogen and oxygen atoms in total. The number of carbonyl (C=O) groups is 1. The molecule has 2 heterocycles. The second kappa shape index (κ2) is 8.38. The lowest BCUT2D eigenvalue weighted by molar-refractivity contribution is -0.117. The second-order valence-electron chi connectivity index (χ2n) is 8.43. The Bertz CT molecular complexity index is 997. The first kappa shape index (κ1) is 23.3. The molecule has 1 amide bonds. The smallest absolute Gasteiger partial charge is 0.259 e. The Kier molecular flexibility index (Phi) is 6.71. The minimum Gasteiger partial charge on any atom is -0.450 e. The molecule has 0 saturated heterocycles. The summed E-state index contributed by atoms with van der Waals surface area (Å²) in [5.74, 6) is 0.139. The summed E-state index contributed by atoms with van der Waals surface area (Å²) in [7, 11) is -3.58. The van der Waals surface area contributed by atoms with E-state index in [4.69, 9.17) is 9.56 Å². The molecule has 2 rings (SSSR count). The van der Waals surface area contributed by atoms with E-state index in [1.807, 2.05) is 27.7 Å². The van der Waals surface area contributed by atoms with Gasteiger partial charge in [-0.15, -0.1) is 4.36 Å². The van der Waals surface area contributed by atoms with Crippen LogP contribution in [0.5, 0.6) is 0 Å². The van der Waals surface area contributed by atoms with Crippen molar-refractivity contribution in [1.82, 2.24) is 4.98 Å². The third-order valence-corrected chi connectivity index (χ3v) is 6.03. The molecule has 3 N–H and O–H groups in total. The van der Waals surface area contributed by atoms with Crippen LogP contribution in [0.2, 0.25) is 0 Å². The molecule has 2 aromatic heterocycles. The van der Waals surface area contributed by atoms with Gasteiger partial charge in [0.25, 0.3) is 5.91 Å². The number of carbonyl (C=O) groups excluding carboxylic acids is 1. The van der Waals surface area contributed by atoms with E-state index >= 15 is 0 Å². The molecule has 29 heavy (non-hydrogen) atoms. The molecule has 0 fully saturated rings. The Morgan fingerprint density at radius 1 is 1.24 bits per heavy atom. The van der Waals surface area contributed by atoms with Crippen LogP contribution < -0.4 is 5.14 Å². The lowest BCUT2D eigenvalue weighted by Crippen LogP contribution is -2.17. The second-order valence-corrected chi connectivity index (χ2v) is 10.2. The fourth-order valence-electron chi connectivity index (χ4n) is 3.31. The highest BCUT2D eigenvalue weighted by Gasteiger charge is 2.26. The maximum atomic E-state index is 12.9. The molecule has 2 aromatic rings. The van der Waals surface area contributed by atoms with Crippen molar-refractivity contribution in [1.29, 1.82) is 0 Å². The van der Waals surface area contributed by atoms with Gasteiger partial charge >= 0.3 is 0 Å². The summed E-state index contributed by atoms with van der Waals surface area (Å²) in [6.07, 6.45) is 3.49. The minimum atomic E-state index is -3.58. The highest BCUT2D eigenvalue weighted by atomic mass is 32.2. The number of rotatable bonds is 6. The van der Waals surface area contributed by atoms with Gasteiger partial charge in [0.1, 0.15) is 5.76 Å². The van der Waals surface area contributed by atoms with Crippen molar-refractivity contribution in [2.75, 3.05) is 0 Å². The molecule has 0 aliphatic rings. The van der Waals surface area contributed by atoms with Gasteiger partial charge in [0.2, 0.25) is 5.09 Å². The third-order valence-electron chi connectivity index (χ3n) is 4.78. The van der Waals surface area contributed by atoms with Crippen molar-refractivity contribution >= 4 is 15.8 Å². The number of nitrogens with zero attached hydrogens (tertiary/aromatic N) is 2. The van der Waals surface area contributed by atoms with Crippen molar-refractivity contribution in [3.05, 3.63) is 46.5 Å². The number of aromatic nitrogens is 1. The normalized spacial score (nSPS) is 14.3. The predicted octanol–water partition coefficient (Wildman–Crippen LogP) is 3.93. The maximum Gasteiger partial charge on any atom is 0.259 e. The lowest BCUT2D eigenvalue weighted by Gasteiger charge is -2.17. The number of furan rings is 1. The van der Waals surface area contributed by atoms with Crippen LogP contribution in [0, 0.1) is 6.92 Å². The number of hydrogen-bond acceptors (Lipinski definition) is 5. The molecule has 0 radical (unpaired) electrons.